The molecule has 0 radical (unpaired) electrons. The lowest BCUT2D eigenvalue weighted by molar-refractivity contribution is -0.158. The Morgan fingerprint density at radius 2 is 1.88 bits per heavy atom. The highest BCUT2D eigenvalue weighted by Crippen LogP contribution is 2.34. The number of nitrogens with zero attached hydrogens (tertiary/aromatic N) is 4. The molecule has 4 aliphatic rings. The van der Waals surface area contributed by atoms with Crippen LogP contribution in [0.4, 0.5) is 11.8 Å². The van der Waals surface area contributed by atoms with Crippen molar-refractivity contribution in [2.24, 2.45) is 5.92 Å². The lowest BCUT2D eigenvalue weighted by Gasteiger charge is -2.39. The number of nitrogens with one attached hydrogen (secondary N) is 1. The molecule has 180 valence electrons. The molecule has 3 fully saturated rings. The number of ether oxygens (including phenoxy) is 2. The van der Waals surface area contributed by atoms with Crippen LogP contribution in [-0.4, -0.2) is 88.6 Å². The maximum Gasteiger partial charge on any atom is 0.309 e. The first kappa shape index (κ1) is 22.7. The van der Waals surface area contributed by atoms with Crippen LogP contribution >= 0.6 is 0 Å². The van der Waals surface area contributed by atoms with Crippen LogP contribution < -0.4 is 10.2 Å². The largest absolute Gasteiger partial charge is 0.458 e. The van der Waals surface area contributed by atoms with E-state index >= 15 is 0 Å². The Balaban J connectivity index is 1.22. The van der Waals surface area contributed by atoms with Gasteiger partial charge in [-0.15, -0.1) is 0 Å². The van der Waals surface area contributed by atoms with Crippen molar-refractivity contribution in [3.05, 3.63) is 5.69 Å². The molecular formula is C22H32N5O5S+. The van der Waals surface area contributed by atoms with Crippen LogP contribution in [0.2, 0.25) is 0 Å². The minimum atomic E-state index is -0.851. The predicted molar refractivity (Wildman–Crippen MR) is 123 cm³/mol. The van der Waals surface area contributed by atoms with Gasteiger partial charge in [-0.25, -0.2) is 4.98 Å². The molecule has 0 bridgehead atoms. The molecule has 0 spiro atoms. The fourth-order valence-electron chi connectivity index (χ4n) is 4.84. The van der Waals surface area contributed by atoms with E-state index in [9.17, 15) is 14.1 Å². The summed E-state index contributed by atoms with van der Waals surface area (Å²) in [7, 11) is 0. The zero-order valence-electron chi connectivity index (χ0n) is 19.0. The van der Waals surface area contributed by atoms with E-state index in [1.165, 1.54) is 0 Å². The van der Waals surface area contributed by atoms with E-state index in [0.29, 0.717) is 43.8 Å². The zero-order chi connectivity index (χ0) is 22.9. The van der Waals surface area contributed by atoms with Crippen LogP contribution in [0, 0.1) is 5.92 Å². The van der Waals surface area contributed by atoms with E-state index in [1.54, 1.807) is 6.92 Å². The van der Waals surface area contributed by atoms with E-state index in [1.807, 2.05) is 9.80 Å². The average molecular weight is 479 g/mol. The number of aryl methyl sites for hydroxylation is 1. The van der Waals surface area contributed by atoms with E-state index in [2.05, 4.69) is 5.32 Å². The molecule has 5 rings (SSSR count). The zero-order valence-corrected chi connectivity index (χ0v) is 19.8. The van der Waals surface area contributed by atoms with Crippen molar-refractivity contribution in [3.8, 4) is 0 Å². The van der Waals surface area contributed by atoms with E-state index < -0.39 is 11.2 Å². The summed E-state index contributed by atoms with van der Waals surface area (Å²) in [6.07, 6.45) is 3.75. The Morgan fingerprint density at radius 3 is 2.58 bits per heavy atom. The van der Waals surface area contributed by atoms with Crippen LogP contribution in [-0.2, 0) is 36.7 Å². The molecule has 11 heteroatoms. The molecule has 1 atom stereocenters. The van der Waals surface area contributed by atoms with Crippen LogP contribution in [0.1, 0.15) is 38.3 Å². The van der Waals surface area contributed by atoms with Gasteiger partial charge in [-0.3, -0.25) is 9.59 Å². The second-order valence-electron chi connectivity index (χ2n) is 9.24. The number of likely N-dealkylation sites (tertiary alicyclic amines) is 1. The predicted octanol–water partition coefficient (Wildman–Crippen LogP) is 1.06. The van der Waals surface area contributed by atoms with E-state index in [4.69, 9.17) is 19.4 Å². The van der Waals surface area contributed by atoms with E-state index in [0.717, 1.165) is 55.8 Å². The van der Waals surface area contributed by atoms with Gasteiger partial charge in [0.2, 0.25) is 11.9 Å². The molecule has 5 heterocycles. The van der Waals surface area contributed by atoms with Gasteiger partial charge in [-0.2, -0.15) is 9.54 Å². The molecule has 33 heavy (non-hydrogen) atoms. The van der Waals surface area contributed by atoms with Gasteiger partial charge in [-0.05, 0) is 25.7 Å². The summed E-state index contributed by atoms with van der Waals surface area (Å²) < 4.78 is 21.6. The molecule has 10 nitrogen and oxygen atoms in total. The lowest BCUT2D eigenvalue weighted by Crippen LogP contribution is -2.54. The highest BCUT2D eigenvalue weighted by molar-refractivity contribution is 7.92. The molecule has 0 saturated carbocycles. The number of carbonyl (C=O) groups is 2. The van der Waals surface area contributed by atoms with Crippen molar-refractivity contribution in [1.82, 2.24) is 14.9 Å². The summed E-state index contributed by atoms with van der Waals surface area (Å²) in [4.78, 5) is 38.2. The number of carbonyl (C=O) groups excluding carboxylic acids is 2. The second kappa shape index (κ2) is 9.63. The van der Waals surface area contributed by atoms with Crippen LogP contribution in [0.3, 0.4) is 0 Å². The molecule has 1 aromatic heterocycles. The first-order valence-corrected chi connectivity index (χ1v) is 13.2. The normalized spacial score (nSPS) is 24.4. The van der Waals surface area contributed by atoms with Gasteiger partial charge in [0.05, 0.1) is 19.0 Å². The molecule has 1 aromatic rings. The number of amides is 1. The molecule has 3 saturated heterocycles. The fourth-order valence-corrected chi connectivity index (χ4v) is 6.18. The Hall–Kier alpha value is -2.11. The van der Waals surface area contributed by atoms with Gasteiger partial charge < -0.3 is 24.6 Å². The first-order chi connectivity index (χ1) is 16.0. The van der Waals surface area contributed by atoms with Crippen molar-refractivity contribution in [1.29, 1.82) is 0 Å². The Morgan fingerprint density at radius 1 is 1.15 bits per heavy atom. The van der Waals surface area contributed by atoms with Gasteiger partial charge >= 0.3 is 5.97 Å². The Labute approximate surface area is 196 Å². The third-order valence-electron chi connectivity index (χ3n) is 6.94. The molecule has 4 aliphatic heterocycles. The number of hydrogen-bond acceptors (Lipinski definition) is 9. The van der Waals surface area contributed by atoms with Crippen molar-refractivity contribution in [3.63, 3.8) is 0 Å². The first-order valence-electron chi connectivity index (χ1n) is 11.8. The maximum atomic E-state index is 12.4. The summed E-state index contributed by atoms with van der Waals surface area (Å²) in [6.45, 7) is 5.46. The number of aromatic nitrogens is 2. The maximum absolute atomic E-state index is 12.4. The number of hydrogen-bond donors (Lipinski definition) is 2. The van der Waals surface area contributed by atoms with Crippen molar-refractivity contribution < 1.29 is 23.6 Å². The minimum absolute atomic E-state index is 0.0586. The molecule has 0 aromatic carbocycles. The van der Waals surface area contributed by atoms with Gasteiger partial charge in [0.1, 0.15) is 11.8 Å². The van der Waals surface area contributed by atoms with Crippen molar-refractivity contribution in [2.45, 2.75) is 56.1 Å². The van der Waals surface area contributed by atoms with Crippen LogP contribution in [0.15, 0.2) is 4.90 Å². The Kier molecular flexibility index (Phi) is 6.62. The summed E-state index contributed by atoms with van der Waals surface area (Å²) in [5.41, 5.74) is 0.900. The molecule has 2 N–H and O–H groups in total. The third kappa shape index (κ3) is 4.90. The number of piperidine rings is 1. The number of rotatable bonds is 5. The SMILES string of the molecule is CC(=O)N1CCC(Nc2nc(N3CC(OC(=O)C4CCOCC4)C3)nc3c2[S+](O)CC3)CC1. The number of fused-ring (bicyclic) bond motifs is 1. The van der Waals surface area contributed by atoms with Gasteiger partial charge in [0.25, 0.3) is 4.90 Å². The third-order valence-corrected chi connectivity index (χ3v) is 8.43. The highest BCUT2D eigenvalue weighted by Gasteiger charge is 2.41. The monoisotopic (exact) mass is 478 g/mol. The highest BCUT2D eigenvalue weighted by atomic mass is 32.2. The summed E-state index contributed by atoms with van der Waals surface area (Å²) in [5, 5.41) is 3.53. The van der Waals surface area contributed by atoms with Gasteiger partial charge in [0.15, 0.2) is 22.7 Å². The molecule has 1 unspecified atom stereocenters. The van der Waals surface area contributed by atoms with Crippen LogP contribution in [0.25, 0.3) is 0 Å². The Bertz CT molecular complexity index is 897. The summed E-state index contributed by atoms with van der Waals surface area (Å²) in [5.74, 6) is 1.94. The molecule has 1 amide bonds. The lowest BCUT2D eigenvalue weighted by atomic mass is 10.0. The smallest absolute Gasteiger partial charge is 0.309 e. The molecule has 0 aliphatic carbocycles. The summed E-state index contributed by atoms with van der Waals surface area (Å²) >= 11 is -0.851. The van der Waals surface area contributed by atoms with Gasteiger partial charge in [0, 0.05) is 45.7 Å². The standard InChI is InChI=1S/C22H32N5O5S/c1-14(28)26-7-2-16(3-8-26)23-20-19-18(6-11-33(19)30)24-22(25-20)27-12-17(13-27)32-21(29)15-4-9-31-10-5-15/h15-17,30H,2-13H2,1H3,(H,23,24,25)/q+1. The summed E-state index contributed by atoms with van der Waals surface area (Å²) in [6, 6.07) is 0.203. The molecular weight excluding hydrogens is 446 g/mol. The average Bonchev–Trinajstić information content (AvgIpc) is 3.17. The quantitative estimate of drug-likeness (QED) is 0.473. The van der Waals surface area contributed by atoms with Crippen molar-refractivity contribution >= 4 is 34.8 Å². The van der Waals surface area contributed by atoms with Crippen LogP contribution in [0.5, 0.6) is 0 Å². The second-order valence-corrected chi connectivity index (χ2v) is 10.8. The van der Waals surface area contributed by atoms with Gasteiger partial charge in [-0.1, -0.05) is 0 Å². The topological polar surface area (TPSA) is 117 Å². The number of anilines is 2. The number of esters is 1. The van der Waals surface area contributed by atoms with Crippen molar-refractivity contribution in [2.75, 3.05) is 55.4 Å². The minimum Gasteiger partial charge on any atom is -0.458 e. The van der Waals surface area contributed by atoms with E-state index in [-0.39, 0.29) is 29.9 Å². The fraction of sp³-hybridized carbons (Fsp3) is 0.727.